The molecule has 0 aliphatic heterocycles. The molecule has 4 nitrogen and oxygen atoms in total. The molecule has 0 fully saturated rings. The molecule has 0 aromatic heterocycles. The van der Waals surface area contributed by atoms with Crippen molar-refractivity contribution < 1.29 is 14.3 Å². The fourth-order valence-corrected chi connectivity index (χ4v) is 1.90. The lowest BCUT2D eigenvalue weighted by atomic mass is 10.1. The fourth-order valence-electron chi connectivity index (χ4n) is 1.65. The highest BCUT2D eigenvalue weighted by atomic mass is 79.9. The molecule has 0 spiro atoms. The molecule has 0 unspecified atom stereocenters. The van der Waals surface area contributed by atoms with E-state index in [1.165, 1.54) is 12.1 Å². The number of amidine groups is 1. The molecule has 0 atom stereocenters. The minimum atomic E-state index is -0.495. The van der Waals surface area contributed by atoms with E-state index >= 15 is 0 Å². The van der Waals surface area contributed by atoms with Crippen LogP contribution in [0.5, 0.6) is 11.5 Å². The van der Waals surface area contributed by atoms with Crippen molar-refractivity contribution in [1.29, 1.82) is 0 Å². The van der Waals surface area contributed by atoms with Gasteiger partial charge in [0.05, 0.1) is 5.56 Å². The Labute approximate surface area is 123 Å². The molecule has 2 rings (SSSR count). The van der Waals surface area contributed by atoms with E-state index < -0.39 is 5.82 Å². The summed E-state index contributed by atoms with van der Waals surface area (Å²) in [5.74, 6) is 0.173. The molecule has 104 valence electrons. The van der Waals surface area contributed by atoms with Gasteiger partial charge in [0.15, 0.2) is 5.84 Å². The molecule has 0 saturated heterocycles. The Hall–Kier alpha value is -2.08. The topological polar surface area (TPSA) is 67.8 Å². The highest BCUT2D eigenvalue weighted by Crippen LogP contribution is 2.28. The van der Waals surface area contributed by atoms with Crippen molar-refractivity contribution in [3.63, 3.8) is 0 Å². The van der Waals surface area contributed by atoms with E-state index in [9.17, 15) is 4.39 Å². The Morgan fingerprint density at radius 2 is 2.05 bits per heavy atom. The molecular weight excluding hydrogens is 327 g/mol. The summed E-state index contributed by atoms with van der Waals surface area (Å²) in [5.41, 5.74) is 6.70. The van der Waals surface area contributed by atoms with Gasteiger partial charge >= 0.3 is 0 Å². The highest BCUT2D eigenvalue weighted by Gasteiger charge is 2.11. The number of nitrogens with zero attached hydrogens (tertiary/aromatic N) is 1. The first-order chi connectivity index (χ1) is 9.51. The van der Waals surface area contributed by atoms with E-state index in [1.807, 2.05) is 19.1 Å². The van der Waals surface area contributed by atoms with Crippen LogP contribution >= 0.6 is 15.9 Å². The molecule has 2 aromatic rings. The molecule has 2 aromatic carbocycles. The second-order valence-electron chi connectivity index (χ2n) is 4.14. The van der Waals surface area contributed by atoms with Crippen LogP contribution < -0.4 is 10.5 Å². The van der Waals surface area contributed by atoms with Crippen LogP contribution in [0, 0.1) is 12.7 Å². The molecule has 0 amide bonds. The minimum absolute atomic E-state index is 0.188. The minimum Gasteiger partial charge on any atom is -0.457 e. The third-order valence-electron chi connectivity index (χ3n) is 2.68. The lowest BCUT2D eigenvalue weighted by Crippen LogP contribution is -2.14. The Morgan fingerprint density at radius 3 is 2.70 bits per heavy atom. The Bertz CT molecular complexity index is 674. The summed E-state index contributed by atoms with van der Waals surface area (Å²) in [5, 5.41) is 11.6. The Kier molecular flexibility index (Phi) is 4.24. The first kappa shape index (κ1) is 14.3. The number of ether oxygens (including phenoxy) is 1. The van der Waals surface area contributed by atoms with Crippen LogP contribution in [0.2, 0.25) is 0 Å². The average Bonchev–Trinajstić information content (AvgIpc) is 2.44. The number of rotatable bonds is 3. The summed E-state index contributed by atoms with van der Waals surface area (Å²) in [7, 11) is 0. The number of halogens is 2. The van der Waals surface area contributed by atoms with Crippen LogP contribution in [-0.4, -0.2) is 11.0 Å². The van der Waals surface area contributed by atoms with Crippen molar-refractivity contribution >= 4 is 21.8 Å². The third-order valence-corrected chi connectivity index (χ3v) is 3.57. The maximum absolute atomic E-state index is 13.2. The van der Waals surface area contributed by atoms with Crippen LogP contribution in [-0.2, 0) is 0 Å². The fraction of sp³-hybridized carbons (Fsp3) is 0.0714. The predicted molar refractivity (Wildman–Crippen MR) is 77.9 cm³/mol. The molecule has 0 bridgehead atoms. The van der Waals surface area contributed by atoms with E-state index in [-0.39, 0.29) is 11.4 Å². The van der Waals surface area contributed by atoms with Crippen molar-refractivity contribution in [3.8, 4) is 11.5 Å². The molecule has 0 heterocycles. The van der Waals surface area contributed by atoms with Crippen molar-refractivity contribution in [2.45, 2.75) is 6.92 Å². The number of aryl methyl sites for hydroxylation is 1. The van der Waals surface area contributed by atoms with Crippen LogP contribution in [0.15, 0.2) is 46.0 Å². The number of hydrogen-bond donors (Lipinski definition) is 2. The van der Waals surface area contributed by atoms with Crippen LogP contribution in [0.3, 0.4) is 0 Å². The van der Waals surface area contributed by atoms with Crippen molar-refractivity contribution in [1.82, 2.24) is 0 Å². The molecular formula is C14H12BrFN2O2. The Balaban J connectivity index is 2.40. The molecule has 20 heavy (non-hydrogen) atoms. The Morgan fingerprint density at radius 1 is 1.30 bits per heavy atom. The van der Waals surface area contributed by atoms with Crippen LogP contribution in [0.1, 0.15) is 11.1 Å². The predicted octanol–water partition coefficient (Wildman–Crippen LogP) is 3.78. The maximum Gasteiger partial charge on any atom is 0.173 e. The molecule has 6 heteroatoms. The van der Waals surface area contributed by atoms with Crippen LogP contribution in [0.25, 0.3) is 0 Å². The normalized spacial score (nSPS) is 11.4. The highest BCUT2D eigenvalue weighted by molar-refractivity contribution is 9.10. The summed E-state index contributed by atoms with van der Waals surface area (Å²) >= 11 is 3.40. The lowest BCUT2D eigenvalue weighted by molar-refractivity contribution is 0.318. The van der Waals surface area contributed by atoms with Gasteiger partial charge in [-0.1, -0.05) is 21.1 Å². The first-order valence-corrected chi connectivity index (χ1v) is 6.52. The van der Waals surface area contributed by atoms with Gasteiger partial charge in [0.1, 0.15) is 17.3 Å². The lowest BCUT2D eigenvalue weighted by Gasteiger charge is -2.11. The van der Waals surface area contributed by atoms with Gasteiger partial charge in [-0.25, -0.2) is 4.39 Å². The quantitative estimate of drug-likeness (QED) is 0.387. The molecule has 3 N–H and O–H groups in total. The zero-order valence-corrected chi connectivity index (χ0v) is 12.2. The first-order valence-electron chi connectivity index (χ1n) is 5.72. The average molecular weight is 339 g/mol. The van der Waals surface area contributed by atoms with Gasteiger partial charge < -0.3 is 15.7 Å². The van der Waals surface area contributed by atoms with E-state index in [1.54, 1.807) is 6.07 Å². The molecule has 0 aliphatic rings. The summed E-state index contributed by atoms with van der Waals surface area (Å²) in [6.07, 6.45) is 0. The zero-order chi connectivity index (χ0) is 14.7. The van der Waals surface area contributed by atoms with E-state index in [0.29, 0.717) is 11.5 Å². The zero-order valence-electron chi connectivity index (χ0n) is 10.6. The number of oxime groups is 1. The summed E-state index contributed by atoms with van der Waals surface area (Å²) < 4.78 is 19.9. The third kappa shape index (κ3) is 3.08. The van der Waals surface area contributed by atoms with Gasteiger partial charge in [-0.15, -0.1) is 0 Å². The largest absolute Gasteiger partial charge is 0.457 e. The van der Waals surface area contributed by atoms with Gasteiger partial charge in [0, 0.05) is 4.47 Å². The van der Waals surface area contributed by atoms with Crippen molar-refractivity contribution in [3.05, 3.63) is 57.8 Å². The molecule has 0 aliphatic carbocycles. The van der Waals surface area contributed by atoms with Crippen molar-refractivity contribution in [2.24, 2.45) is 10.9 Å². The second-order valence-corrected chi connectivity index (χ2v) is 4.99. The van der Waals surface area contributed by atoms with Gasteiger partial charge in [0.2, 0.25) is 0 Å². The van der Waals surface area contributed by atoms with E-state index in [4.69, 9.17) is 15.7 Å². The number of hydrogen-bond acceptors (Lipinski definition) is 3. The van der Waals surface area contributed by atoms with Crippen LogP contribution in [0.4, 0.5) is 4.39 Å². The second kappa shape index (κ2) is 5.92. The SMILES string of the molecule is Cc1cc(Oc2ccc(F)cc2/C(N)=N/O)ccc1Br. The van der Waals surface area contributed by atoms with Crippen molar-refractivity contribution in [2.75, 3.05) is 0 Å². The maximum atomic E-state index is 13.2. The summed E-state index contributed by atoms with van der Waals surface area (Å²) in [6, 6.07) is 9.25. The smallest absolute Gasteiger partial charge is 0.173 e. The van der Waals surface area contributed by atoms with E-state index in [0.717, 1.165) is 16.1 Å². The summed E-state index contributed by atoms with van der Waals surface area (Å²) in [6.45, 7) is 1.92. The standard InChI is InChI=1S/C14H12BrFN2O2/c1-8-6-10(3-4-12(8)15)20-13-5-2-9(16)7-11(13)14(17)18-19/h2-7,19H,1H3,(H2,17,18). The van der Waals surface area contributed by atoms with Gasteiger partial charge in [-0.2, -0.15) is 0 Å². The van der Waals surface area contributed by atoms with E-state index in [2.05, 4.69) is 21.1 Å². The molecule has 0 saturated carbocycles. The number of nitrogens with two attached hydrogens (primary N) is 1. The number of benzene rings is 2. The van der Waals surface area contributed by atoms with Gasteiger partial charge in [-0.3, -0.25) is 0 Å². The summed E-state index contributed by atoms with van der Waals surface area (Å²) in [4.78, 5) is 0. The van der Waals surface area contributed by atoms with Gasteiger partial charge in [-0.05, 0) is 48.9 Å². The monoisotopic (exact) mass is 338 g/mol. The van der Waals surface area contributed by atoms with Gasteiger partial charge in [0.25, 0.3) is 0 Å². The molecule has 0 radical (unpaired) electrons.